The number of rotatable bonds is 2. The first-order valence-electron chi connectivity index (χ1n) is 2.94. The molecule has 0 aliphatic heterocycles. The Hall–Kier alpha value is 0.820. The van der Waals surface area contributed by atoms with Crippen LogP contribution in [0.2, 0.25) is 0 Å². The van der Waals surface area contributed by atoms with Crippen molar-refractivity contribution in [3.8, 4) is 0 Å². The smallest absolute Gasteiger partial charge is 0.550 e. The molecule has 0 radical (unpaired) electrons. The molecule has 0 atom stereocenters. The zero-order valence-electron chi connectivity index (χ0n) is 9.55. The number of hydrogen-bond acceptors (Lipinski definition) is 4. The van der Waals surface area contributed by atoms with E-state index in [2.05, 4.69) is 0 Å². The monoisotopic (exact) mass is 246 g/mol. The topological polar surface area (TPSA) is 175 Å². The number of carboxylic acids is 2. The van der Waals surface area contributed by atoms with Crippen molar-refractivity contribution < 1.29 is 95.3 Å². The molecule has 0 aromatic heterocycles. The molecule has 0 heterocycles. The van der Waals surface area contributed by atoms with Crippen molar-refractivity contribution in [2.24, 2.45) is 0 Å². The average Bonchev–Trinajstić information content (AvgIpc) is 1.89. The van der Waals surface area contributed by atoms with E-state index in [9.17, 15) is 19.8 Å². The van der Waals surface area contributed by atoms with E-state index in [1.54, 1.807) is 0 Å². The van der Waals surface area contributed by atoms with Gasteiger partial charge in [0.15, 0.2) is 0 Å². The molecule has 15 heavy (non-hydrogen) atoms. The van der Waals surface area contributed by atoms with Crippen molar-refractivity contribution in [3.05, 3.63) is 0 Å². The summed E-state index contributed by atoms with van der Waals surface area (Å²) in [4.78, 5) is 18.5. The van der Waals surface area contributed by atoms with Gasteiger partial charge in [-0.1, -0.05) is 13.8 Å². The van der Waals surface area contributed by atoms with E-state index < -0.39 is 11.9 Å². The molecule has 0 saturated carbocycles. The van der Waals surface area contributed by atoms with E-state index >= 15 is 0 Å². The third kappa shape index (κ3) is 105. The first-order valence-corrected chi connectivity index (χ1v) is 2.94. The van der Waals surface area contributed by atoms with Crippen LogP contribution in [0, 0.1) is 0 Å². The first kappa shape index (κ1) is 44.7. The third-order valence-electron chi connectivity index (χ3n) is 0.577. The third-order valence-corrected chi connectivity index (χ3v) is 0.577. The predicted molar refractivity (Wildman–Crippen MR) is 41.4 cm³/mol. The Morgan fingerprint density at radius 3 is 0.867 bits per heavy atom. The van der Waals surface area contributed by atoms with Gasteiger partial charge in [0.2, 0.25) is 0 Å². The largest absolute Gasteiger partial charge is 1.00 e. The van der Waals surface area contributed by atoms with Gasteiger partial charge in [-0.2, -0.15) is 0 Å². The Balaban J connectivity index is -0.0000000128. The number of carboxylic acid groups (broad SMARTS) is 2. The minimum absolute atomic E-state index is 0. The Morgan fingerprint density at radius 2 is 0.867 bits per heavy atom. The molecule has 7 nitrogen and oxygen atoms in total. The van der Waals surface area contributed by atoms with Crippen LogP contribution in [0.1, 0.15) is 26.7 Å². The van der Waals surface area contributed by atoms with Crippen LogP contribution >= 0.6 is 0 Å². The van der Waals surface area contributed by atoms with Gasteiger partial charge in [-0.15, -0.1) is 0 Å². The van der Waals surface area contributed by atoms with Gasteiger partial charge in [0, 0.05) is 11.9 Å². The molecule has 0 bridgehead atoms. The molecule has 0 saturated heterocycles. The van der Waals surface area contributed by atoms with E-state index in [0.717, 1.165) is 0 Å². The summed E-state index contributed by atoms with van der Waals surface area (Å²) < 4.78 is 0. The molecule has 0 unspecified atom stereocenters. The number of hydrogen-bond donors (Lipinski definition) is 0. The number of aliphatic carboxylic acids is 2. The van der Waals surface area contributed by atoms with Crippen molar-refractivity contribution in [1.29, 1.82) is 0 Å². The summed E-state index contributed by atoms with van der Waals surface area (Å²) in [6.45, 7) is 3.07. The van der Waals surface area contributed by atoms with Crippen molar-refractivity contribution >= 4 is 11.9 Å². The van der Waals surface area contributed by atoms with Gasteiger partial charge >= 0.3 is 59.1 Å². The van der Waals surface area contributed by atoms with Gasteiger partial charge in [-0.3, -0.25) is 0 Å². The van der Waals surface area contributed by atoms with Gasteiger partial charge < -0.3 is 36.2 Å². The Labute approximate surface area is 133 Å². The standard InChI is InChI=1S/2C3H6O2.2Na.3H2O/c2*1-2-3(4)5;;;;;/h2*2H2,1H3,(H,4,5);;;3*1H2/q;;2*+1;;;/p-2. The molecule has 0 spiro atoms. The summed E-state index contributed by atoms with van der Waals surface area (Å²) in [6.07, 6.45) is 0.222. The molecule has 0 amide bonds. The van der Waals surface area contributed by atoms with Crippen molar-refractivity contribution in [3.63, 3.8) is 0 Å². The minimum Gasteiger partial charge on any atom is -0.550 e. The van der Waals surface area contributed by atoms with E-state index in [1.165, 1.54) is 13.8 Å². The Morgan fingerprint density at radius 1 is 0.800 bits per heavy atom. The van der Waals surface area contributed by atoms with Crippen molar-refractivity contribution in [1.82, 2.24) is 0 Å². The molecule has 0 aromatic rings. The molecule has 6 N–H and O–H groups in total. The van der Waals surface area contributed by atoms with Gasteiger partial charge in [0.25, 0.3) is 0 Å². The normalized spacial score (nSPS) is 4.93. The van der Waals surface area contributed by atoms with E-state index in [4.69, 9.17) is 0 Å². The van der Waals surface area contributed by atoms with E-state index in [-0.39, 0.29) is 88.4 Å². The fourth-order valence-corrected chi connectivity index (χ4v) is 0. The molecule has 9 heteroatoms. The quantitative estimate of drug-likeness (QED) is 0.439. The van der Waals surface area contributed by atoms with Crippen LogP contribution in [0.4, 0.5) is 0 Å². The zero-order valence-corrected chi connectivity index (χ0v) is 13.5. The summed E-state index contributed by atoms with van der Waals surface area (Å²) >= 11 is 0. The van der Waals surface area contributed by atoms with Crippen molar-refractivity contribution in [2.45, 2.75) is 26.7 Å². The minimum atomic E-state index is -0.995. The molecule has 0 fully saturated rings. The molecule has 0 rings (SSSR count). The zero-order chi connectivity index (χ0) is 8.57. The summed E-state index contributed by atoms with van der Waals surface area (Å²) in [6, 6.07) is 0. The molecular weight excluding hydrogens is 230 g/mol. The predicted octanol–water partition coefficient (Wildman–Crippen LogP) is -10.2. The SMILES string of the molecule is CCC(=O)[O-].CCC(=O)[O-].O.O.O.[Na+].[Na+]. The molecular formula is C6H16Na2O7. The fraction of sp³-hybridized carbons (Fsp3) is 0.667. The molecule has 84 valence electrons. The summed E-state index contributed by atoms with van der Waals surface area (Å²) in [5.41, 5.74) is 0. The van der Waals surface area contributed by atoms with Crippen LogP contribution in [0.25, 0.3) is 0 Å². The summed E-state index contributed by atoms with van der Waals surface area (Å²) in [7, 11) is 0. The van der Waals surface area contributed by atoms with E-state index in [1.807, 2.05) is 0 Å². The van der Waals surface area contributed by atoms with Gasteiger partial charge in [0.1, 0.15) is 0 Å². The average molecular weight is 246 g/mol. The maximum absolute atomic E-state index is 9.26. The van der Waals surface area contributed by atoms with Gasteiger partial charge in [0.05, 0.1) is 0 Å². The van der Waals surface area contributed by atoms with E-state index in [0.29, 0.717) is 0 Å². The maximum atomic E-state index is 9.26. The van der Waals surface area contributed by atoms with Crippen LogP contribution in [0.15, 0.2) is 0 Å². The molecule has 0 aromatic carbocycles. The molecule has 0 aliphatic carbocycles. The Bertz CT molecular complexity index is 106. The second-order valence-electron chi connectivity index (χ2n) is 1.45. The van der Waals surface area contributed by atoms with Crippen LogP contribution in [-0.4, -0.2) is 28.4 Å². The second-order valence-corrected chi connectivity index (χ2v) is 1.45. The summed E-state index contributed by atoms with van der Waals surface area (Å²) in [5.74, 6) is -1.99. The van der Waals surface area contributed by atoms with Crippen molar-refractivity contribution in [2.75, 3.05) is 0 Å². The Kier molecular flexibility index (Phi) is 108. The number of carbonyl (C=O) groups is 2. The maximum Gasteiger partial charge on any atom is 1.00 e. The van der Waals surface area contributed by atoms with Crippen LogP contribution < -0.4 is 69.3 Å². The first-order chi connectivity index (χ1) is 4.54. The van der Waals surface area contributed by atoms with Crippen LogP contribution in [0.5, 0.6) is 0 Å². The molecule has 0 aliphatic rings. The fourth-order valence-electron chi connectivity index (χ4n) is 0. The van der Waals surface area contributed by atoms with Crippen LogP contribution in [-0.2, 0) is 9.59 Å². The number of carbonyl (C=O) groups excluding carboxylic acids is 2. The van der Waals surface area contributed by atoms with Gasteiger partial charge in [-0.25, -0.2) is 0 Å². The van der Waals surface area contributed by atoms with Gasteiger partial charge in [-0.05, 0) is 12.8 Å². The summed E-state index contributed by atoms with van der Waals surface area (Å²) in [5, 5.41) is 18.5. The second kappa shape index (κ2) is 36.4. The van der Waals surface area contributed by atoms with Crippen LogP contribution in [0.3, 0.4) is 0 Å².